The van der Waals surface area contributed by atoms with Crippen LogP contribution in [0.15, 0.2) is 17.0 Å². The molecule has 0 aliphatic heterocycles. The van der Waals surface area contributed by atoms with Gasteiger partial charge in [-0.3, -0.25) is 9.59 Å². The normalized spacial score (nSPS) is 11.2. The first-order valence-electron chi connectivity index (χ1n) is 5.95. The van der Waals surface area contributed by atoms with E-state index in [2.05, 4.69) is 4.74 Å². The number of ether oxygens (including phenoxy) is 1. The van der Waals surface area contributed by atoms with E-state index in [1.807, 2.05) is 0 Å². The number of hydrogen-bond acceptors (Lipinski definition) is 5. The maximum Gasteiger partial charge on any atom is 0.306 e. The lowest BCUT2D eigenvalue weighted by molar-refractivity contribution is -0.142. The largest absolute Gasteiger partial charge is 0.466 e. The number of esters is 1. The van der Waals surface area contributed by atoms with Gasteiger partial charge in [0.1, 0.15) is 17.0 Å². The van der Waals surface area contributed by atoms with Crippen molar-refractivity contribution in [1.82, 2.24) is 0 Å². The van der Waals surface area contributed by atoms with Crippen molar-refractivity contribution in [2.45, 2.75) is 25.2 Å². The van der Waals surface area contributed by atoms with Gasteiger partial charge >= 0.3 is 5.97 Å². The molecule has 0 fully saturated rings. The van der Waals surface area contributed by atoms with Gasteiger partial charge in [-0.05, 0) is 31.5 Å². The zero-order valence-corrected chi connectivity index (χ0v) is 12.0. The maximum absolute atomic E-state index is 13.8. The summed E-state index contributed by atoms with van der Waals surface area (Å²) >= 11 is 0. The molecule has 0 heterocycles. The number of rotatable bonds is 6. The summed E-state index contributed by atoms with van der Waals surface area (Å²) in [5.74, 6) is -2.18. The summed E-state index contributed by atoms with van der Waals surface area (Å²) in [4.78, 5) is 21.3. The van der Waals surface area contributed by atoms with Crippen LogP contribution in [0.4, 0.5) is 4.39 Å². The summed E-state index contributed by atoms with van der Waals surface area (Å²) in [6.07, 6.45) is 0.0928. The van der Waals surface area contributed by atoms with Crippen molar-refractivity contribution >= 4 is 22.1 Å². The van der Waals surface area contributed by atoms with E-state index in [9.17, 15) is 22.4 Å². The van der Waals surface area contributed by atoms with E-state index in [0.29, 0.717) is 6.29 Å². The molecular formula is C13H15FO5S. The van der Waals surface area contributed by atoms with E-state index in [-0.39, 0.29) is 24.2 Å². The number of aryl methyl sites for hydroxylation is 1. The molecule has 0 amide bonds. The van der Waals surface area contributed by atoms with Crippen LogP contribution in [-0.4, -0.2) is 33.0 Å². The minimum absolute atomic E-state index is 0.0596. The Morgan fingerprint density at radius 1 is 1.40 bits per heavy atom. The molecule has 0 bridgehead atoms. The number of halogens is 1. The molecule has 20 heavy (non-hydrogen) atoms. The predicted molar refractivity (Wildman–Crippen MR) is 69.8 cm³/mol. The minimum Gasteiger partial charge on any atom is -0.466 e. The molecule has 0 saturated carbocycles. The van der Waals surface area contributed by atoms with Crippen molar-refractivity contribution < 1.29 is 27.1 Å². The van der Waals surface area contributed by atoms with Crippen LogP contribution < -0.4 is 0 Å². The van der Waals surface area contributed by atoms with E-state index in [1.54, 1.807) is 6.92 Å². The molecule has 5 nitrogen and oxygen atoms in total. The first-order valence-corrected chi connectivity index (χ1v) is 7.60. The molecule has 0 aliphatic rings. The molecule has 0 aromatic heterocycles. The van der Waals surface area contributed by atoms with Crippen molar-refractivity contribution in [3.63, 3.8) is 0 Å². The number of carbonyl (C=O) groups excluding carboxylic acids is 2. The lowest BCUT2D eigenvalue weighted by Gasteiger charge is -2.09. The van der Waals surface area contributed by atoms with Crippen LogP contribution in [0.1, 0.15) is 29.3 Å². The highest BCUT2D eigenvalue weighted by Gasteiger charge is 2.23. The number of sulfone groups is 1. The molecule has 1 aromatic rings. The summed E-state index contributed by atoms with van der Waals surface area (Å²) < 4.78 is 42.5. The van der Waals surface area contributed by atoms with Crippen LogP contribution in [-0.2, 0) is 19.4 Å². The zero-order chi connectivity index (χ0) is 15.3. The van der Waals surface area contributed by atoms with Gasteiger partial charge in [-0.15, -0.1) is 0 Å². The van der Waals surface area contributed by atoms with Crippen molar-refractivity contribution in [3.05, 3.63) is 29.1 Å². The minimum atomic E-state index is -3.95. The second kappa shape index (κ2) is 6.60. The molecule has 0 spiro atoms. The molecule has 110 valence electrons. The summed E-state index contributed by atoms with van der Waals surface area (Å²) in [5.41, 5.74) is 0.195. The summed E-state index contributed by atoms with van der Waals surface area (Å²) in [5, 5.41) is 0. The average Bonchev–Trinajstić information content (AvgIpc) is 2.35. The van der Waals surface area contributed by atoms with E-state index >= 15 is 0 Å². The van der Waals surface area contributed by atoms with Crippen LogP contribution in [0.25, 0.3) is 0 Å². The van der Waals surface area contributed by atoms with Gasteiger partial charge < -0.3 is 4.74 Å². The Kier molecular flexibility index (Phi) is 5.38. The fraction of sp³-hybridized carbons (Fsp3) is 0.385. The fourth-order valence-electron chi connectivity index (χ4n) is 1.77. The smallest absolute Gasteiger partial charge is 0.306 e. The van der Waals surface area contributed by atoms with Crippen LogP contribution in [0.5, 0.6) is 0 Å². The second-order valence-corrected chi connectivity index (χ2v) is 6.19. The number of benzene rings is 1. The second-order valence-electron chi connectivity index (χ2n) is 4.14. The van der Waals surface area contributed by atoms with E-state index in [0.717, 1.165) is 6.07 Å². The Labute approximate surface area is 116 Å². The first kappa shape index (κ1) is 16.3. The lowest BCUT2D eigenvalue weighted by Crippen LogP contribution is -2.16. The Hall–Kier alpha value is -1.76. The van der Waals surface area contributed by atoms with Gasteiger partial charge in [0.05, 0.1) is 18.8 Å². The molecular weight excluding hydrogens is 287 g/mol. The topological polar surface area (TPSA) is 77.5 Å². The zero-order valence-electron chi connectivity index (χ0n) is 11.2. The highest BCUT2D eigenvalue weighted by molar-refractivity contribution is 7.91. The summed E-state index contributed by atoms with van der Waals surface area (Å²) in [6.45, 7) is 3.15. The van der Waals surface area contributed by atoms with Gasteiger partial charge in [0, 0.05) is 5.56 Å². The van der Waals surface area contributed by atoms with Gasteiger partial charge in [0.2, 0.25) is 0 Å². The van der Waals surface area contributed by atoms with Crippen LogP contribution >= 0.6 is 0 Å². The van der Waals surface area contributed by atoms with Crippen LogP contribution in [0.2, 0.25) is 0 Å². The maximum atomic E-state index is 13.8. The summed E-state index contributed by atoms with van der Waals surface area (Å²) in [6, 6.07) is 2.14. The first-order chi connectivity index (χ1) is 9.31. The predicted octanol–water partition coefficient (Wildman–Crippen LogP) is 1.67. The molecule has 1 rings (SSSR count). The Balaban J connectivity index is 3.04. The van der Waals surface area contributed by atoms with Crippen molar-refractivity contribution in [1.29, 1.82) is 0 Å². The van der Waals surface area contributed by atoms with Crippen molar-refractivity contribution in [2.24, 2.45) is 0 Å². The summed E-state index contributed by atoms with van der Waals surface area (Å²) in [7, 11) is -3.95. The molecule has 7 heteroatoms. The molecule has 0 atom stereocenters. The SMILES string of the molecule is CCOC(=O)CCS(=O)(=O)c1c(C)cc(C=O)cc1F. The van der Waals surface area contributed by atoms with E-state index in [4.69, 9.17) is 0 Å². The van der Waals surface area contributed by atoms with Crippen molar-refractivity contribution in [2.75, 3.05) is 12.4 Å². The highest BCUT2D eigenvalue weighted by Crippen LogP contribution is 2.22. The van der Waals surface area contributed by atoms with Gasteiger partial charge in [-0.25, -0.2) is 12.8 Å². The molecule has 0 radical (unpaired) electrons. The number of carbonyl (C=O) groups is 2. The van der Waals surface area contributed by atoms with Gasteiger partial charge in [0.15, 0.2) is 9.84 Å². The van der Waals surface area contributed by atoms with Gasteiger partial charge in [-0.2, -0.15) is 0 Å². The Morgan fingerprint density at radius 3 is 2.55 bits per heavy atom. The lowest BCUT2D eigenvalue weighted by atomic mass is 10.1. The van der Waals surface area contributed by atoms with Crippen LogP contribution in [0.3, 0.4) is 0 Å². The third-order valence-electron chi connectivity index (χ3n) is 2.58. The molecule has 0 unspecified atom stereocenters. The number of aldehydes is 1. The van der Waals surface area contributed by atoms with Crippen molar-refractivity contribution in [3.8, 4) is 0 Å². The molecule has 0 aliphatic carbocycles. The standard InChI is InChI=1S/C13H15FO5S/c1-3-19-12(16)4-5-20(17,18)13-9(2)6-10(8-15)7-11(13)14/h6-8H,3-5H2,1-2H3. The van der Waals surface area contributed by atoms with E-state index < -0.39 is 32.3 Å². The van der Waals surface area contributed by atoms with Gasteiger partial charge in [0.25, 0.3) is 0 Å². The van der Waals surface area contributed by atoms with Crippen LogP contribution in [0, 0.1) is 12.7 Å². The average molecular weight is 302 g/mol. The van der Waals surface area contributed by atoms with E-state index in [1.165, 1.54) is 13.0 Å². The Morgan fingerprint density at radius 2 is 2.05 bits per heavy atom. The van der Waals surface area contributed by atoms with Gasteiger partial charge in [-0.1, -0.05) is 0 Å². The highest BCUT2D eigenvalue weighted by atomic mass is 32.2. The third-order valence-corrected chi connectivity index (χ3v) is 4.46. The fourth-order valence-corrected chi connectivity index (χ4v) is 3.32. The number of hydrogen-bond donors (Lipinski definition) is 0. The molecule has 0 N–H and O–H groups in total. The molecule has 0 saturated heterocycles. The quantitative estimate of drug-likeness (QED) is 0.590. The third kappa shape index (κ3) is 3.86. The Bertz CT molecular complexity index is 599. The molecule has 1 aromatic carbocycles. The monoisotopic (exact) mass is 302 g/mol.